The fraction of sp³-hybridized carbons (Fsp3) is 0.409. The number of hydrogen-bond donors (Lipinski definition) is 0. The second-order valence-corrected chi connectivity index (χ2v) is 7.30. The van der Waals surface area contributed by atoms with E-state index in [1.807, 2.05) is 24.5 Å². The largest absolute Gasteiger partial charge is 0.299 e. The van der Waals surface area contributed by atoms with Gasteiger partial charge in [-0.3, -0.25) is 24.8 Å². The Balaban J connectivity index is 1.58. The lowest BCUT2D eigenvalue weighted by Gasteiger charge is -2.30. The van der Waals surface area contributed by atoms with Crippen LogP contribution in [0.3, 0.4) is 0 Å². The van der Waals surface area contributed by atoms with E-state index in [-0.39, 0.29) is 0 Å². The van der Waals surface area contributed by atoms with Crippen molar-refractivity contribution < 1.29 is 0 Å². The maximum Gasteiger partial charge on any atom is 0.0931 e. The van der Waals surface area contributed by atoms with Gasteiger partial charge in [-0.1, -0.05) is 25.1 Å². The molecule has 0 aliphatic carbocycles. The van der Waals surface area contributed by atoms with Gasteiger partial charge in [0, 0.05) is 50.5 Å². The lowest BCUT2D eigenvalue weighted by molar-refractivity contribution is 0.166. The third-order valence-electron chi connectivity index (χ3n) is 5.48. The number of likely N-dealkylation sites (tertiary alicyclic amines) is 1. The van der Waals surface area contributed by atoms with E-state index in [4.69, 9.17) is 0 Å². The summed E-state index contributed by atoms with van der Waals surface area (Å²) in [5.74, 6) is 0. The zero-order chi connectivity index (χ0) is 18.5. The van der Waals surface area contributed by atoms with Crippen molar-refractivity contribution in [3.8, 4) is 0 Å². The number of rotatable bonds is 7. The second kappa shape index (κ2) is 8.55. The summed E-state index contributed by atoms with van der Waals surface area (Å²) in [5.41, 5.74) is 4.47. The van der Waals surface area contributed by atoms with Gasteiger partial charge in [-0.2, -0.15) is 0 Å². The number of likely N-dealkylation sites (N-methyl/N-ethyl adjacent to an activating group) is 1. The molecule has 27 heavy (non-hydrogen) atoms. The second-order valence-electron chi connectivity index (χ2n) is 7.30. The summed E-state index contributed by atoms with van der Waals surface area (Å²) in [6.45, 7) is 7.47. The van der Waals surface area contributed by atoms with Gasteiger partial charge in [-0.05, 0) is 49.2 Å². The van der Waals surface area contributed by atoms with Crippen LogP contribution in [0.25, 0.3) is 11.0 Å². The van der Waals surface area contributed by atoms with Crippen LogP contribution in [0.5, 0.6) is 0 Å². The van der Waals surface area contributed by atoms with Gasteiger partial charge in [0.25, 0.3) is 0 Å². The molecule has 1 saturated heterocycles. The van der Waals surface area contributed by atoms with Gasteiger partial charge in [-0.15, -0.1) is 0 Å². The quantitative estimate of drug-likeness (QED) is 0.644. The molecule has 2 aromatic heterocycles. The molecule has 3 aromatic rings. The zero-order valence-electron chi connectivity index (χ0n) is 16.0. The molecule has 1 aliphatic rings. The predicted octanol–water partition coefficient (Wildman–Crippen LogP) is 3.51. The summed E-state index contributed by atoms with van der Waals surface area (Å²) in [6.07, 6.45) is 9.95. The minimum absolute atomic E-state index is 0.632. The van der Waals surface area contributed by atoms with Crippen LogP contribution in [-0.4, -0.2) is 50.4 Å². The first-order valence-corrected chi connectivity index (χ1v) is 9.87. The minimum atomic E-state index is 0.632. The van der Waals surface area contributed by atoms with Gasteiger partial charge in [0.1, 0.15) is 0 Å². The Hall–Kier alpha value is -2.37. The van der Waals surface area contributed by atoms with E-state index < -0.39 is 0 Å². The van der Waals surface area contributed by atoms with Crippen LogP contribution in [0, 0.1) is 0 Å². The first-order chi connectivity index (χ1) is 13.3. The number of hydrogen-bond acceptors (Lipinski definition) is 5. The van der Waals surface area contributed by atoms with E-state index in [0.29, 0.717) is 6.04 Å². The number of nitrogens with zero attached hydrogens (tertiary/aromatic N) is 5. The van der Waals surface area contributed by atoms with E-state index in [1.54, 1.807) is 12.4 Å². The molecule has 140 valence electrons. The van der Waals surface area contributed by atoms with Crippen molar-refractivity contribution in [3.63, 3.8) is 0 Å². The van der Waals surface area contributed by atoms with Crippen LogP contribution in [0.1, 0.15) is 30.9 Å². The molecule has 0 bridgehead atoms. The van der Waals surface area contributed by atoms with Crippen molar-refractivity contribution in [1.82, 2.24) is 24.8 Å². The topological polar surface area (TPSA) is 45.2 Å². The Bertz CT molecular complexity index is 861. The van der Waals surface area contributed by atoms with Crippen molar-refractivity contribution >= 4 is 11.0 Å². The number of pyridine rings is 1. The molecule has 4 rings (SSSR count). The van der Waals surface area contributed by atoms with E-state index in [9.17, 15) is 0 Å². The molecule has 0 unspecified atom stereocenters. The molecule has 1 fully saturated rings. The fourth-order valence-corrected chi connectivity index (χ4v) is 4.17. The molecule has 3 heterocycles. The van der Waals surface area contributed by atoms with Gasteiger partial charge < -0.3 is 0 Å². The maximum atomic E-state index is 4.59. The van der Waals surface area contributed by atoms with Crippen LogP contribution in [0.2, 0.25) is 0 Å². The van der Waals surface area contributed by atoms with Crippen LogP contribution < -0.4 is 0 Å². The highest BCUT2D eigenvalue weighted by molar-refractivity contribution is 5.77. The molecule has 1 aliphatic heterocycles. The first kappa shape index (κ1) is 18.0. The average Bonchev–Trinajstić information content (AvgIpc) is 3.16. The summed E-state index contributed by atoms with van der Waals surface area (Å²) < 4.78 is 0. The molecule has 1 atom stereocenters. The number of benzene rings is 1. The lowest BCUT2D eigenvalue weighted by Crippen LogP contribution is -2.39. The Labute approximate surface area is 161 Å². The highest BCUT2D eigenvalue weighted by atomic mass is 15.2. The minimum Gasteiger partial charge on any atom is -0.299 e. The highest BCUT2D eigenvalue weighted by Crippen LogP contribution is 2.22. The Morgan fingerprint density at radius 1 is 1.07 bits per heavy atom. The van der Waals surface area contributed by atoms with Gasteiger partial charge in [-0.25, -0.2) is 0 Å². The molecule has 5 nitrogen and oxygen atoms in total. The van der Waals surface area contributed by atoms with E-state index in [1.165, 1.54) is 30.5 Å². The Morgan fingerprint density at radius 2 is 2.00 bits per heavy atom. The number of fused-ring (bicyclic) bond motifs is 1. The summed E-state index contributed by atoms with van der Waals surface area (Å²) in [4.78, 5) is 18.5. The van der Waals surface area contributed by atoms with Crippen molar-refractivity contribution in [3.05, 3.63) is 66.2 Å². The third-order valence-corrected chi connectivity index (χ3v) is 5.48. The van der Waals surface area contributed by atoms with E-state index in [0.717, 1.165) is 37.2 Å². The maximum absolute atomic E-state index is 4.59. The standard InChI is InChI=1S/C22H27N5/c1-2-27-13-5-8-20(27)17-26(15-18-6-4-10-23-14-18)16-19-7-3-9-21-22(19)25-12-11-24-21/h3-4,6-7,9-12,14,20H,2,5,8,13,15-17H2,1H3/t20-/m1/s1. The third kappa shape index (κ3) is 4.31. The van der Waals surface area contributed by atoms with Gasteiger partial charge >= 0.3 is 0 Å². The van der Waals surface area contributed by atoms with E-state index in [2.05, 4.69) is 49.9 Å². The molecule has 0 saturated carbocycles. The van der Waals surface area contributed by atoms with Crippen LogP contribution in [-0.2, 0) is 13.1 Å². The van der Waals surface area contributed by atoms with Crippen LogP contribution in [0.4, 0.5) is 0 Å². The number of para-hydroxylation sites is 1. The summed E-state index contributed by atoms with van der Waals surface area (Å²) in [5, 5.41) is 0. The van der Waals surface area contributed by atoms with Crippen molar-refractivity contribution in [2.24, 2.45) is 0 Å². The first-order valence-electron chi connectivity index (χ1n) is 9.87. The molecule has 0 N–H and O–H groups in total. The average molecular weight is 361 g/mol. The molecular formula is C22H27N5. The lowest BCUT2D eigenvalue weighted by atomic mass is 10.1. The van der Waals surface area contributed by atoms with E-state index >= 15 is 0 Å². The summed E-state index contributed by atoms with van der Waals surface area (Å²) in [7, 11) is 0. The summed E-state index contributed by atoms with van der Waals surface area (Å²) in [6, 6.07) is 11.1. The Morgan fingerprint density at radius 3 is 2.85 bits per heavy atom. The van der Waals surface area contributed by atoms with Gasteiger partial charge in [0.15, 0.2) is 0 Å². The normalized spacial score (nSPS) is 17.8. The van der Waals surface area contributed by atoms with Gasteiger partial charge in [0.05, 0.1) is 11.0 Å². The monoisotopic (exact) mass is 361 g/mol. The molecular weight excluding hydrogens is 334 g/mol. The van der Waals surface area contributed by atoms with Crippen LogP contribution >= 0.6 is 0 Å². The molecule has 5 heteroatoms. The Kier molecular flexibility index (Phi) is 5.70. The van der Waals surface area contributed by atoms with Crippen molar-refractivity contribution in [2.45, 2.75) is 38.9 Å². The zero-order valence-corrected chi connectivity index (χ0v) is 16.0. The SMILES string of the molecule is CCN1CCC[C@@H]1CN(Cc1cccnc1)Cc1cccc2nccnc12. The van der Waals surface area contributed by atoms with Gasteiger partial charge in [0.2, 0.25) is 0 Å². The summed E-state index contributed by atoms with van der Waals surface area (Å²) >= 11 is 0. The van der Waals surface area contributed by atoms with Crippen molar-refractivity contribution in [2.75, 3.05) is 19.6 Å². The number of aromatic nitrogens is 3. The fourth-order valence-electron chi connectivity index (χ4n) is 4.17. The van der Waals surface area contributed by atoms with Crippen LogP contribution in [0.15, 0.2) is 55.1 Å². The molecule has 0 spiro atoms. The highest BCUT2D eigenvalue weighted by Gasteiger charge is 2.25. The predicted molar refractivity (Wildman–Crippen MR) is 108 cm³/mol. The smallest absolute Gasteiger partial charge is 0.0931 e. The molecule has 1 aromatic carbocycles. The molecule has 0 amide bonds. The molecule has 0 radical (unpaired) electrons. The van der Waals surface area contributed by atoms with Crippen molar-refractivity contribution in [1.29, 1.82) is 0 Å².